The maximum Gasteiger partial charge on any atom is 0.191 e. The molecule has 140 valence electrons. The van der Waals surface area contributed by atoms with Crippen LogP contribution in [0.25, 0.3) is 0 Å². The number of rotatable bonds is 10. The maximum atomic E-state index is 5.70. The van der Waals surface area contributed by atoms with Gasteiger partial charge in [-0.3, -0.25) is 4.99 Å². The summed E-state index contributed by atoms with van der Waals surface area (Å²) in [4.78, 5) is 4.35. The summed E-state index contributed by atoms with van der Waals surface area (Å²) in [5.74, 6) is 1.78. The van der Waals surface area contributed by atoms with E-state index in [-0.39, 0.29) is 0 Å². The molecule has 25 heavy (non-hydrogen) atoms. The third kappa shape index (κ3) is 6.24. The molecule has 0 unspecified atom stereocenters. The molecule has 0 amide bonds. The van der Waals surface area contributed by atoms with Gasteiger partial charge in [0.25, 0.3) is 0 Å². The minimum atomic E-state index is 0.377. The summed E-state index contributed by atoms with van der Waals surface area (Å²) in [5.41, 5.74) is 1.57. The van der Waals surface area contributed by atoms with Crippen molar-refractivity contribution in [3.8, 4) is 5.75 Å². The third-order valence-corrected chi connectivity index (χ3v) is 4.94. The number of guanidine groups is 1. The highest BCUT2D eigenvalue weighted by molar-refractivity contribution is 5.79. The number of nitrogens with one attached hydrogen (secondary N) is 2. The summed E-state index contributed by atoms with van der Waals surface area (Å²) < 4.78 is 11.0. The Kier molecular flexibility index (Phi) is 8.06. The minimum Gasteiger partial charge on any atom is -0.494 e. The van der Waals surface area contributed by atoms with Crippen LogP contribution in [-0.4, -0.2) is 39.9 Å². The summed E-state index contributed by atoms with van der Waals surface area (Å²) in [7, 11) is 3.59. The molecule has 1 fully saturated rings. The highest BCUT2D eigenvalue weighted by Gasteiger charge is 2.36. The number of benzene rings is 1. The highest BCUT2D eigenvalue weighted by atomic mass is 16.5. The Morgan fingerprint density at radius 2 is 2.08 bits per heavy atom. The van der Waals surface area contributed by atoms with Crippen molar-refractivity contribution >= 4 is 5.96 Å². The predicted molar refractivity (Wildman–Crippen MR) is 103 cm³/mol. The second kappa shape index (κ2) is 10.3. The zero-order chi connectivity index (χ0) is 18.0. The lowest BCUT2D eigenvalue weighted by Crippen LogP contribution is -2.46. The van der Waals surface area contributed by atoms with E-state index in [0.29, 0.717) is 5.41 Å². The molecule has 5 heteroatoms. The van der Waals surface area contributed by atoms with Crippen molar-refractivity contribution in [3.05, 3.63) is 29.8 Å². The number of aliphatic imine (C=N–C) groups is 1. The van der Waals surface area contributed by atoms with Gasteiger partial charge in [-0.25, -0.2) is 0 Å². The molecule has 5 nitrogen and oxygen atoms in total. The molecule has 1 aromatic rings. The van der Waals surface area contributed by atoms with Crippen LogP contribution in [0.4, 0.5) is 0 Å². The van der Waals surface area contributed by atoms with Gasteiger partial charge in [-0.15, -0.1) is 0 Å². The standard InChI is InChI=1S/C20H33N3O2/c1-4-12-25-18-8-5-7-17(14-18)15-22-19(21-2)23-16-20(9-6-10-20)11-13-24-3/h5,7-8,14H,4,6,9-13,15-16H2,1-3H3,(H2,21,22,23). The topological polar surface area (TPSA) is 54.9 Å². The van der Waals surface area contributed by atoms with Gasteiger partial charge in [0, 0.05) is 33.9 Å². The van der Waals surface area contributed by atoms with E-state index in [1.54, 1.807) is 7.11 Å². The number of hydrogen-bond donors (Lipinski definition) is 2. The molecule has 2 rings (SSSR count). The second-order valence-corrected chi connectivity index (χ2v) is 6.87. The van der Waals surface area contributed by atoms with Crippen molar-refractivity contribution in [2.75, 3.05) is 33.9 Å². The van der Waals surface area contributed by atoms with Gasteiger partial charge in [0.2, 0.25) is 0 Å². The molecule has 0 heterocycles. The van der Waals surface area contributed by atoms with Crippen LogP contribution in [-0.2, 0) is 11.3 Å². The maximum absolute atomic E-state index is 5.70. The van der Waals surface area contributed by atoms with E-state index < -0.39 is 0 Å². The average Bonchev–Trinajstić information content (AvgIpc) is 2.61. The van der Waals surface area contributed by atoms with Crippen LogP contribution in [0.5, 0.6) is 5.75 Å². The normalized spacial score (nSPS) is 16.2. The smallest absolute Gasteiger partial charge is 0.191 e. The quantitative estimate of drug-likeness (QED) is 0.503. The number of hydrogen-bond acceptors (Lipinski definition) is 3. The molecule has 0 saturated heterocycles. The van der Waals surface area contributed by atoms with Gasteiger partial charge in [-0.2, -0.15) is 0 Å². The predicted octanol–water partition coefficient (Wildman–Crippen LogP) is 3.35. The first-order chi connectivity index (χ1) is 12.2. The fourth-order valence-electron chi connectivity index (χ4n) is 3.15. The largest absolute Gasteiger partial charge is 0.494 e. The van der Waals surface area contributed by atoms with E-state index in [1.807, 2.05) is 19.2 Å². The highest BCUT2D eigenvalue weighted by Crippen LogP contribution is 2.43. The van der Waals surface area contributed by atoms with E-state index in [1.165, 1.54) is 24.8 Å². The van der Waals surface area contributed by atoms with Crippen LogP contribution in [0.1, 0.15) is 44.6 Å². The Balaban J connectivity index is 1.80. The Hall–Kier alpha value is -1.75. The Bertz CT molecular complexity index is 541. The first-order valence-electron chi connectivity index (χ1n) is 9.36. The summed E-state index contributed by atoms with van der Waals surface area (Å²) in [5, 5.41) is 6.89. The van der Waals surface area contributed by atoms with E-state index in [0.717, 1.165) is 50.9 Å². The fraction of sp³-hybridized carbons (Fsp3) is 0.650. The molecule has 1 saturated carbocycles. The van der Waals surface area contributed by atoms with Crippen molar-refractivity contribution in [1.29, 1.82) is 0 Å². The lowest BCUT2D eigenvalue weighted by Gasteiger charge is -2.42. The van der Waals surface area contributed by atoms with E-state index in [9.17, 15) is 0 Å². The van der Waals surface area contributed by atoms with Crippen molar-refractivity contribution < 1.29 is 9.47 Å². The van der Waals surface area contributed by atoms with Gasteiger partial charge in [-0.05, 0) is 48.8 Å². The molecule has 0 bridgehead atoms. The molecule has 0 radical (unpaired) electrons. The summed E-state index contributed by atoms with van der Waals surface area (Å²) in [6, 6.07) is 8.22. The Morgan fingerprint density at radius 1 is 1.24 bits per heavy atom. The van der Waals surface area contributed by atoms with Crippen molar-refractivity contribution in [2.45, 2.75) is 45.6 Å². The average molecular weight is 348 g/mol. The molecule has 0 aromatic heterocycles. The van der Waals surface area contributed by atoms with Crippen LogP contribution < -0.4 is 15.4 Å². The fourth-order valence-corrected chi connectivity index (χ4v) is 3.15. The number of methoxy groups -OCH3 is 1. The molecule has 0 atom stereocenters. The molecule has 1 aromatic carbocycles. The van der Waals surface area contributed by atoms with Gasteiger partial charge < -0.3 is 20.1 Å². The van der Waals surface area contributed by atoms with Crippen molar-refractivity contribution in [1.82, 2.24) is 10.6 Å². The lowest BCUT2D eigenvalue weighted by molar-refractivity contribution is 0.0732. The summed E-state index contributed by atoms with van der Waals surface area (Å²) >= 11 is 0. The number of ether oxygens (including phenoxy) is 2. The summed E-state index contributed by atoms with van der Waals surface area (Å²) in [6.07, 6.45) is 6.00. The van der Waals surface area contributed by atoms with Crippen LogP contribution in [0, 0.1) is 5.41 Å². The molecule has 0 spiro atoms. The van der Waals surface area contributed by atoms with E-state index in [2.05, 4.69) is 34.7 Å². The van der Waals surface area contributed by atoms with Gasteiger partial charge in [0.05, 0.1) is 6.61 Å². The Morgan fingerprint density at radius 3 is 2.72 bits per heavy atom. The zero-order valence-electron chi connectivity index (χ0n) is 15.9. The van der Waals surface area contributed by atoms with Gasteiger partial charge in [-0.1, -0.05) is 25.5 Å². The molecule has 0 aliphatic heterocycles. The van der Waals surface area contributed by atoms with Gasteiger partial charge in [0.1, 0.15) is 5.75 Å². The van der Waals surface area contributed by atoms with Crippen LogP contribution in [0.15, 0.2) is 29.3 Å². The SMILES string of the molecule is CCCOc1cccc(CNC(=NC)NCC2(CCOC)CCC2)c1. The minimum absolute atomic E-state index is 0.377. The van der Waals surface area contributed by atoms with Gasteiger partial charge in [0.15, 0.2) is 5.96 Å². The summed E-state index contributed by atoms with van der Waals surface area (Å²) in [6.45, 7) is 5.38. The molecular formula is C20H33N3O2. The molecule has 2 N–H and O–H groups in total. The first-order valence-corrected chi connectivity index (χ1v) is 9.36. The first kappa shape index (κ1) is 19.6. The lowest BCUT2D eigenvalue weighted by atomic mass is 9.67. The molecular weight excluding hydrogens is 314 g/mol. The van der Waals surface area contributed by atoms with Crippen LogP contribution >= 0.6 is 0 Å². The van der Waals surface area contributed by atoms with Crippen LogP contribution in [0.3, 0.4) is 0 Å². The van der Waals surface area contributed by atoms with Crippen LogP contribution in [0.2, 0.25) is 0 Å². The van der Waals surface area contributed by atoms with Crippen molar-refractivity contribution in [2.24, 2.45) is 10.4 Å². The Labute approximate surface area is 152 Å². The van der Waals surface area contributed by atoms with Gasteiger partial charge >= 0.3 is 0 Å². The van der Waals surface area contributed by atoms with E-state index >= 15 is 0 Å². The van der Waals surface area contributed by atoms with Crippen molar-refractivity contribution in [3.63, 3.8) is 0 Å². The second-order valence-electron chi connectivity index (χ2n) is 6.87. The third-order valence-electron chi connectivity index (χ3n) is 4.94. The zero-order valence-corrected chi connectivity index (χ0v) is 15.9. The monoisotopic (exact) mass is 347 g/mol. The molecule has 1 aliphatic rings. The number of nitrogens with zero attached hydrogens (tertiary/aromatic N) is 1. The van der Waals surface area contributed by atoms with E-state index in [4.69, 9.17) is 9.47 Å². The molecule has 1 aliphatic carbocycles.